The van der Waals surface area contributed by atoms with Gasteiger partial charge in [0.05, 0.1) is 31.1 Å². The average molecular weight is 356 g/mol. The first-order valence-electron chi connectivity index (χ1n) is 9.26. The Morgan fingerprint density at radius 1 is 1.27 bits per heavy atom. The normalized spacial score (nSPS) is 16.4. The van der Waals surface area contributed by atoms with Crippen LogP contribution in [0.1, 0.15) is 36.2 Å². The Bertz CT molecular complexity index is 750. The molecular formula is C20H28N4O2. The largest absolute Gasteiger partial charge is 0.379 e. The maximum Gasteiger partial charge on any atom is 0.221 e. The van der Waals surface area contributed by atoms with Crippen LogP contribution < -0.4 is 5.32 Å². The highest BCUT2D eigenvalue weighted by Crippen LogP contribution is 2.22. The number of aryl methyl sites for hydroxylation is 1. The van der Waals surface area contributed by atoms with Gasteiger partial charge >= 0.3 is 0 Å². The van der Waals surface area contributed by atoms with Crippen LogP contribution >= 0.6 is 0 Å². The van der Waals surface area contributed by atoms with E-state index < -0.39 is 0 Å². The third kappa shape index (κ3) is 4.31. The fraction of sp³-hybridized carbons (Fsp3) is 0.500. The topological polar surface area (TPSA) is 59.4 Å². The van der Waals surface area contributed by atoms with Gasteiger partial charge in [-0.25, -0.2) is 4.68 Å². The second-order valence-electron chi connectivity index (χ2n) is 6.88. The molecule has 1 aliphatic heterocycles. The van der Waals surface area contributed by atoms with Crippen molar-refractivity contribution >= 4 is 5.91 Å². The molecule has 3 rings (SSSR count). The maximum absolute atomic E-state index is 12.3. The predicted molar refractivity (Wildman–Crippen MR) is 101 cm³/mol. The van der Waals surface area contributed by atoms with Gasteiger partial charge in [0.25, 0.3) is 0 Å². The summed E-state index contributed by atoms with van der Waals surface area (Å²) < 4.78 is 7.28. The first kappa shape index (κ1) is 18.6. The van der Waals surface area contributed by atoms with Gasteiger partial charge in [-0.3, -0.25) is 9.69 Å². The number of hydrogen-bond donors (Lipinski definition) is 1. The van der Waals surface area contributed by atoms with Crippen LogP contribution in [-0.2, 0) is 9.53 Å². The fourth-order valence-electron chi connectivity index (χ4n) is 3.37. The molecule has 1 N–H and O–H groups in total. The van der Waals surface area contributed by atoms with Crippen LogP contribution in [0.4, 0.5) is 0 Å². The third-order valence-electron chi connectivity index (χ3n) is 4.99. The third-order valence-corrected chi connectivity index (χ3v) is 4.99. The first-order valence-corrected chi connectivity index (χ1v) is 9.26. The van der Waals surface area contributed by atoms with E-state index in [1.54, 1.807) is 0 Å². The molecule has 0 radical (unpaired) electrons. The second-order valence-corrected chi connectivity index (χ2v) is 6.88. The molecule has 0 unspecified atom stereocenters. The van der Waals surface area contributed by atoms with E-state index in [-0.39, 0.29) is 11.9 Å². The molecule has 0 bridgehead atoms. The van der Waals surface area contributed by atoms with E-state index in [1.165, 1.54) is 5.56 Å². The number of nitrogens with zero attached hydrogens (tertiary/aromatic N) is 3. The second kappa shape index (κ2) is 8.47. The van der Waals surface area contributed by atoms with E-state index in [1.807, 2.05) is 36.9 Å². The number of carbonyl (C=O) groups is 1. The molecule has 0 saturated carbocycles. The Morgan fingerprint density at radius 2 is 2.00 bits per heavy atom. The highest BCUT2D eigenvalue weighted by atomic mass is 16.5. The summed E-state index contributed by atoms with van der Waals surface area (Å²) in [4.78, 5) is 14.6. The number of hydrogen-bond acceptors (Lipinski definition) is 4. The Hall–Kier alpha value is -2.18. The number of rotatable bonds is 6. The minimum Gasteiger partial charge on any atom is -0.379 e. The number of morpholine rings is 1. The molecule has 1 saturated heterocycles. The molecule has 26 heavy (non-hydrogen) atoms. The highest BCUT2D eigenvalue weighted by molar-refractivity contribution is 5.76. The van der Waals surface area contributed by atoms with E-state index >= 15 is 0 Å². The Balaban J connectivity index is 1.60. The summed E-state index contributed by atoms with van der Waals surface area (Å²) in [5, 5.41) is 7.64. The summed E-state index contributed by atoms with van der Waals surface area (Å²) in [6.07, 6.45) is 2.37. The number of amides is 1. The lowest BCUT2D eigenvalue weighted by Crippen LogP contribution is -2.39. The van der Waals surface area contributed by atoms with Gasteiger partial charge in [-0.05, 0) is 32.4 Å². The van der Waals surface area contributed by atoms with Crippen LogP contribution in [0, 0.1) is 13.8 Å². The highest BCUT2D eigenvalue weighted by Gasteiger charge is 2.18. The maximum atomic E-state index is 12.3. The molecule has 6 nitrogen and oxygen atoms in total. The first-order chi connectivity index (χ1) is 12.6. The molecule has 1 amide bonds. The SMILES string of the molecule is Cc1ccccc1-n1ncc([C@H](C)NC(=O)CCN2CCOCC2)c1C. The van der Waals surface area contributed by atoms with Crippen molar-refractivity contribution in [3.05, 3.63) is 47.3 Å². The predicted octanol–water partition coefficient (Wildman–Crippen LogP) is 2.39. The van der Waals surface area contributed by atoms with E-state index in [0.717, 1.165) is 49.8 Å². The quantitative estimate of drug-likeness (QED) is 0.863. The monoisotopic (exact) mass is 356 g/mol. The van der Waals surface area contributed by atoms with Crippen LogP contribution in [0.3, 0.4) is 0 Å². The lowest BCUT2D eigenvalue weighted by Gasteiger charge is -2.26. The van der Waals surface area contributed by atoms with Crippen molar-refractivity contribution in [2.45, 2.75) is 33.2 Å². The van der Waals surface area contributed by atoms with Crippen molar-refractivity contribution in [3.8, 4) is 5.69 Å². The van der Waals surface area contributed by atoms with Gasteiger partial charge in [0.1, 0.15) is 0 Å². The van der Waals surface area contributed by atoms with Crippen LogP contribution in [0.2, 0.25) is 0 Å². The molecule has 1 atom stereocenters. The van der Waals surface area contributed by atoms with Gasteiger partial charge in [-0.2, -0.15) is 5.10 Å². The molecule has 1 fully saturated rings. The van der Waals surface area contributed by atoms with Crippen molar-refractivity contribution in [3.63, 3.8) is 0 Å². The molecule has 2 aromatic rings. The summed E-state index contributed by atoms with van der Waals surface area (Å²) in [5.41, 5.74) is 4.35. The van der Waals surface area contributed by atoms with Gasteiger partial charge in [0, 0.05) is 37.3 Å². The Labute approximate surface area is 155 Å². The van der Waals surface area contributed by atoms with Gasteiger partial charge in [0.15, 0.2) is 0 Å². The minimum atomic E-state index is -0.0649. The zero-order chi connectivity index (χ0) is 18.5. The molecule has 140 valence electrons. The number of para-hydroxylation sites is 1. The molecule has 0 aliphatic carbocycles. The molecule has 1 aliphatic rings. The lowest BCUT2D eigenvalue weighted by atomic mass is 10.1. The van der Waals surface area contributed by atoms with E-state index in [2.05, 4.69) is 34.4 Å². The molecular weight excluding hydrogens is 328 g/mol. The summed E-state index contributed by atoms with van der Waals surface area (Å²) in [6.45, 7) is 10.3. The van der Waals surface area contributed by atoms with E-state index in [0.29, 0.717) is 6.42 Å². The summed E-state index contributed by atoms with van der Waals surface area (Å²) >= 11 is 0. The van der Waals surface area contributed by atoms with Crippen molar-refractivity contribution in [1.29, 1.82) is 0 Å². The lowest BCUT2D eigenvalue weighted by molar-refractivity contribution is -0.122. The summed E-state index contributed by atoms with van der Waals surface area (Å²) in [7, 11) is 0. The molecule has 1 aromatic heterocycles. The van der Waals surface area contributed by atoms with Crippen LogP contribution in [0.25, 0.3) is 5.69 Å². The van der Waals surface area contributed by atoms with Crippen LogP contribution in [0.15, 0.2) is 30.5 Å². The zero-order valence-electron chi connectivity index (χ0n) is 15.9. The number of aromatic nitrogens is 2. The van der Waals surface area contributed by atoms with Crippen LogP contribution in [-0.4, -0.2) is 53.4 Å². The van der Waals surface area contributed by atoms with Crippen molar-refractivity contribution in [2.75, 3.05) is 32.8 Å². The number of ether oxygens (including phenoxy) is 1. The van der Waals surface area contributed by atoms with Gasteiger partial charge in [-0.15, -0.1) is 0 Å². The number of nitrogens with one attached hydrogen (secondary N) is 1. The van der Waals surface area contributed by atoms with Crippen molar-refractivity contribution in [2.24, 2.45) is 0 Å². The average Bonchev–Trinajstić information content (AvgIpc) is 3.03. The number of carbonyl (C=O) groups excluding carboxylic acids is 1. The smallest absolute Gasteiger partial charge is 0.221 e. The van der Waals surface area contributed by atoms with Crippen LogP contribution in [0.5, 0.6) is 0 Å². The van der Waals surface area contributed by atoms with E-state index in [4.69, 9.17) is 4.74 Å². The number of benzene rings is 1. The Kier molecular flexibility index (Phi) is 6.06. The summed E-state index contributed by atoms with van der Waals surface area (Å²) in [6, 6.07) is 8.11. The fourth-order valence-corrected chi connectivity index (χ4v) is 3.37. The van der Waals surface area contributed by atoms with Gasteiger partial charge < -0.3 is 10.1 Å². The standard InChI is InChI=1S/C20H28N4O2/c1-15-6-4-5-7-19(15)24-17(3)18(14-21-24)16(2)22-20(25)8-9-23-10-12-26-13-11-23/h4-7,14,16H,8-13H2,1-3H3,(H,22,25)/t16-/m0/s1. The van der Waals surface area contributed by atoms with Crippen molar-refractivity contribution < 1.29 is 9.53 Å². The molecule has 6 heteroatoms. The Morgan fingerprint density at radius 3 is 2.73 bits per heavy atom. The van der Waals surface area contributed by atoms with Gasteiger partial charge in [-0.1, -0.05) is 18.2 Å². The van der Waals surface area contributed by atoms with Crippen molar-refractivity contribution in [1.82, 2.24) is 20.0 Å². The molecule has 0 spiro atoms. The molecule has 1 aromatic carbocycles. The summed E-state index contributed by atoms with van der Waals surface area (Å²) in [5.74, 6) is 0.0760. The van der Waals surface area contributed by atoms with Gasteiger partial charge in [0.2, 0.25) is 5.91 Å². The van der Waals surface area contributed by atoms with E-state index in [9.17, 15) is 4.79 Å². The zero-order valence-corrected chi connectivity index (χ0v) is 15.9. The minimum absolute atomic E-state index is 0.0649. The molecule has 2 heterocycles.